The molecule has 0 saturated carbocycles. The molecule has 0 fully saturated rings. The zero-order valence-corrected chi connectivity index (χ0v) is 10.2. The zero-order valence-electron chi connectivity index (χ0n) is 10.2. The van der Waals surface area contributed by atoms with Gasteiger partial charge in [0.05, 0.1) is 17.0 Å². The standard InChI is InChI=1S/C13H15N3O/c1-6(2)12-8-4-10-11(15-7(3)14-10)5-9(8)16-13(12)17/h4-6,12H,1-3H3,(H,14,15)(H,16,17). The molecule has 2 heterocycles. The minimum atomic E-state index is -0.0496. The summed E-state index contributed by atoms with van der Waals surface area (Å²) in [6.07, 6.45) is 0. The van der Waals surface area contributed by atoms with E-state index in [1.165, 1.54) is 0 Å². The number of carbonyl (C=O) groups excluding carboxylic acids is 1. The second kappa shape index (κ2) is 3.32. The molecule has 1 aliphatic heterocycles. The van der Waals surface area contributed by atoms with Crippen LogP contribution in [0.3, 0.4) is 0 Å². The number of anilines is 1. The molecule has 1 aromatic heterocycles. The van der Waals surface area contributed by atoms with Gasteiger partial charge in [-0.25, -0.2) is 4.98 Å². The second-order valence-corrected chi connectivity index (χ2v) is 4.99. The van der Waals surface area contributed by atoms with Crippen LogP contribution in [0.5, 0.6) is 0 Å². The molecule has 1 atom stereocenters. The molecule has 4 heteroatoms. The van der Waals surface area contributed by atoms with Gasteiger partial charge in [0.2, 0.25) is 5.91 Å². The van der Waals surface area contributed by atoms with Gasteiger partial charge in [0.1, 0.15) is 5.82 Å². The lowest BCUT2D eigenvalue weighted by Gasteiger charge is -2.12. The van der Waals surface area contributed by atoms with E-state index in [2.05, 4.69) is 29.1 Å². The maximum absolute atomic E-state index is 11.9. The number of hydrogen-bond donors (Lipinski definition) is 2. The predicted molar refractivity (Wildman–Crippen MR) is 67.0 cm³/mol. The zero-order chi connectivity index (χ0) is 12.2. The van der Waals surface area contributed by atoms with Gasteiger partial charge in [-0.2, -0.15) is 0 Å². The summed E-state index contributed by atoms with van der Waals surface area (Å²) in [5, 5.41) is 2.94. The molecule has 4 nitrogen and oxygen atoms in total. The molecular weight excluding hydrogens is 214 g/mol. The van der Waals surface area contributed by atoms with Gasteiger partial charge in [-0.1, -0.05) is 13.8 Å². The van der Waals surface area contributed by atoms with E-state index in [0.29, 0.717) is 5.92 Å². The lowest BCUT2D eigenvalue weighted by atomic mass is 9.89. The number of nitrogens with zero attached hydrogens (tertiary/aromatic N) is 1. The summed E-state index contributed by atoms with van der Waals surface area (Å²) in [6, 6.07) is 4.00. The fraction of sp³-hybridized carbons (Fsp3) is 0.385. The number of benzene rings is 1. The summed E-state index contributed by atoms with van der Waals surface area (Å²) >= 11 is 0. The Morgan fingerprint density at radius 3 is 2.82 bits per heavy atom. The van der Waals surface area contributed by atoms with Crippen molar-refractivity contribution in [1.82, 2.24) is 9.97 Å². The summed E-state index contributed by atoms with van der Waals surface area (Å²) in [4.78, 5) is 19.5. The molecule has 17 heavy (non-hydrogen) atoms. The van der Waals surface area contributed by atoms with Crippen molar-refractivity contribution in [2.45, 2.75) is 26.7 Å². The lowest BCUT2D eigenvalue weighted by molar-refractivity contribution is -0.117. The molecule has 0 saturated heterocycles. The third kappa shape index (κ3) is 1.44. The number of aromatic nitrogens is 2. The third-order valence-corrected chi connectivity index (χ3v) is 3.31. The van der Waals surface area contributed by atoms with Crippen molar-refractivity contribution in [1.29, 1.82) is 0 Å². The average molecular weight is 229 g/mol. The van der Waals surface area contributed by atoms with Crippen molar-refractivity contribution < 1.29 is 4.79 Å². The van der Waals surface area contributed by atoms with Crippen LogP contribution < -0.4 is 5.32 Å². The Kier molecular flexibility index (Phi) is 2.02. The predicted octanol–water partition coefficient (Wildman–Crippen LogP) is 2.56. The van der Waals surface area contributed by atoms with E-state index in [-0.39, 0.29) is 11.8 Å². The Bertz CT molecular complexity index is 612. The normalized spacial score (nSPS) is 18.8. The van der Waals surface area contributed by atoms with Gasteiger partial charge in [0, 0.05) is 5.69 Å². The van der Waals surface area contributed by atoms with Crippen LogP contribution in [-0.4, -0.2) is 15.9 Å². The molecule has 2 N–H and O–H groups in total. The summed E-state index contributed by atoms with van der Waals surface area (Å²) in [6.45, 7) is 6.07. The minimum absolute atomic E-state index is 0.0496. The maximum atomic E-state index is 11.9. The first-order valence-corrected chi connectivity index (χ1v) is 5.87. The van der Waals surface area contributed by atoms with Crippen LogP contribution in [0.4, 0.5) is 5.69 Å². The third-order valence-electron chi connectivity index (χ3n) is 3.31. The monoisotopic (exact) mass is 229 g/mol. The molecular formula is C13H15N3O. The molecule has 1 aromatic carbocycles. The highest BCUT2D eigenvalue weighted by molar-refractivity contribution is 6.05. The Balaban J connectivity index is 2.22. The number of nitrogens with one attached hydrogen (secondary N) is 2. The van der Waals surface area contributed by atoms with Gasteiger partial charge in [-0.3, -0.25) is 4.79 Å². The molecule has 0 aliphatic carbocycles. The number of aryl methyl sites for hydroxylation is 1. The Hall–Kier alpha value is -1.84. The molecule has 0 radical (unpaired) electrons. The molecule has 1 amide bonds. The van der Waals surface area contributed by atoms with Crippen molar-refractivity contribution in [3.63, 3.8) is 0 Å². The molecule has 2 aromatic rings. The topological polar surface area (TPSA) is 57.8 Å². The fourth-order valence-electron chi connectivity index (χ4n) is 2.58. The van der Waals surface area contributed by atoms with Gasteiger partial charge in [0.15, 0.2) is 0 Å². The number of rotatable bonds is 1. The van der Waals surface area contributed by atoms with E-state index in [0.717, 1.165) is 28.1 Å². The van der Waals surface area contributed by atoms with E-state index in [1.807, 2.05) is 19.1 Å². The Labute approximate surface area is 99.4 Å². The highest BCUT2D eigenvalue weighted by Crippen LogP contribution is 2.39. The first-order chi connectivity index (χ1) is 8.06. The number of aromatic amines is 1. The van der Waals surface area contributed by atoms with Gasteiger partial charge in [-0.15, -0.1) is 0 Å². The van der Waals surface area contributed by atoms with Crippen molar-refractivity contribution in [3.05, 3.63) is 23.5 Å². The highest BCUT2D eigenvalue weighted by atomic mass is 16.2. The largest absolute Gasteiger partial charge is 0.342 e. The van der Waals surface area contributed by atoms with Crippen molar-refractivity contribution in [2.24, 2.45) is 5.92 Å². The van der Waals surface area contributed by atoms with Gasteiger partial charge >= 0.3 is 0 Å². The van der Waals surface area contributed by atoms with E-state index in [4.69, 9.17) is 0 Å². The van der Waals surface area contributed by atoms with Gasteiger partial charge < -0.3 is 10.3 Å². The van der Waals surface area contributed by atoms with Crippen LogP contribution in [0, 0.1) is 12.8 Å². The SMILES string of the molecule is Cc1nc2cc3c(cc2[nH]1)NC(=O)C3C(C)C. The van der Waals surface area contributed by atoms with Crippen LogP contribution in [0.1, 0.15) is 31.2 Å². The van der Waals surface area contributed by atoms with Crippen molar-refractivity contribution in [3.8, 4) is 0 Å². The first-order valence-electron chi connectivity index (χ1n) is 5.87. The Morgan fingerprint density at radius 1 is 1.35 bits per heavy atom. The van der Waals surface area contributed by atoms with Gasteiger partial charge in [0.25, 0.3) is 0 Å². The number of amides is 1. The number of H-pyrrole nitrogens is 1. The summed E-state index contributed by atoms with van der Waals surface area (Å²) < 4.78 is 0. The van der Waals surface area contributed by atoms with Crippen LogP contribution in [0.25, 0.3) is 11.0 Å². The van der Waals surface area contributed by atoms with Gasteiger partial charge in [-0.05, 0) is 30.5 Å². The summed E-state index contributed by atoms with van der Waals surface area (Å²) in [5.74, 6) is 1.25. The molecule has 1 unspecified atom stereocenters. The fourth-order valence-corrected chi connectivity index (χ4v) is 2.58. The van der Waals surface area contributed by atoms with Crippen LogP contribution in [0.15, 0.2) is 12.1 Å². The van der Waals surface area contributed by atoms with Crippen molar-refractivity contribution >= 4 is 22.6 Å². The lowest BCUT2D eigenvalue weighted by Crippen LogP contribution is -2.16. The first kappa shape index (κ1) is 10.3. The number of imidazole rings is 1. The highest BCUT2D eigenvalue weighted by Gasteiger charge is 2.33. The van der Waals surface area contributed by atoms with Crippen LogP contribution in [0.2, 0.25) is 0 Å². The number of carbonyl (C=O) groups is 1. The van der Waals surface area contributed by atoms with E-state index in [1.54, 1.807) is 0 Å². The average Bonchev–Trinajstić information content (AvgIpc) is 2.70. The number of fused-ring (bicyclic) bond motifs is 2. The maximum Gasteiger partial charge on any atom is 0.232 e. The minimum Gasteiger partial charge on any atom is -0.342 e. The van der Waals surface area contributed by atoms with Crippen molar-refractivity contribution in [2.75, 3.05) is 5.32 Å². The van der Waals surface area contributed by atoms with E-state index < -0.39 is 0 Å². The smallest absolute Gasteiger partial charge is 0.232 e. The molecule has 3 rings (SSSR count). The van der Waals surface area contributed by atoms with E-state index >= 15 is 0 Å². The summed E-state index contributed by atoms with van der Waals surface area (Å²) in [5.41, 5.74) is 3.91. The molecule has 0 spiro atoms. The molecule has 0 bridgehead atoms. The Morgan fingerprint density at radius 2 is 2.12 bits per heavy atom. The molecule has 88 valence electrons. The second-order valence-electron chi connectivity index (χ2n) is 4.99. The molecule has 1 aliphatic rings. The van der Waals surface area contributed by atoms with Crippen LogP contribution in [-0.2, 0) is 4.79 Å². The van der Waals surface area contributed by atoms with E-state index in [9.17, 15) is 4.79 Å². The van der Waals surface area contributed by atoms with Crippen LogP contribution >= 0.6 is 0 Å². The summed E-state index contributed by atoms with van der Waals surface area (Å²) in [7, 11) is 0. The number of hydrogen-bond acceptors (Lipinski definition) is 2. The quantitative estimate of drug-likeness (QED) is 0.789.